The molecule has 10 nitrogen and oxygen atoms in total. The zero-order valence-electron chi connectivity index (χ0n) is 13.3. The third-order valence-electron chi connectivity index (χ3n) is 3.26. The Bertz CT molecular complexity index is 554. The van der Waals surface area contributed by atoms with Crippen LogP contribution in [0.25, 0.3) is 0 Å². The monoisotopic (exact) mass is 380 g/mol. The van der Waals surface area contributed by atoms with E-state index in [4.69, 9.17) is 10.5 Å². The van der Waals surface area contributed by atoms with Gasteiger partial charge in [0.05, 0.1) is 14.4 Å². The average Bonchev–Trinajstić information content (AvgIpc) is 2.72. The molecule has 0 aromatic heterocycles. The van der Waals surface area contributed by atoms with Crippen molar-refractivity contribution in [3.05, 3.63) is 24.0 Å². The third-order valence-corrected chi connectivity index (χ3v) is 3.73. The summed E-state index contributed by atoms with van der Waals surface area (Å²) < 4.78 is 19.8. The molecule has 0 aliphatic carbocycles. The summed E-state index contributed by atoms with van der Waals surface area (Å²) in [5, 5.41) is 19.8. The quantitative estimate of drug-likeness (QED) is 0.310. The fourth-order valence-electron chi connectivity index (χ4n) is 2.18. The number of primary amides is 1. The van der Waals surface area contributed by atoms with Crippen LogP contribution in [0.15, 0.2) is 24.0 Å². The molecule has 0 aromatic carbocycles. The molecule has 0 radical (unpaired) electrons. The van der Waals surface area contributed by atoms with Gasteiger partial charge < -0.3 is 44.5 Å². The van der Waals surface area contributed by atoms with E-state index in [9.17, 15) is 29.4 Å². The molecule has 1 amide bonds. The maximum absolute atomic E-state index is 11.2. The molecule has 13 heteroatoms. The van der Waals surface area contributed by atoms with Crippen LogP contribution in [0.5, 0.6) is 0 Å². The zero-order valence-corrected chi connectivity index (χ0v) is 18.2. The first-order valence-corrected chi connectivity index (χ1v) is 7.78. The minimum absolute atomic E-state index is 0. The Labute approximate surface area is 182 Å². The van der Waals surface area contributed by atoms with Crippen LogP contribution < -0.4 is 74.6 Å². The number of carbonyl (C=O) groups is 1. The van der Waals surface area contributed by atoms with E-state index in [1.807, 2.05) is 0 Å². The fraction of sp³-hybridized carbons (Fsp3) is 0.545. The van der Waals surface area contributed by atoms with Gasteiger partial charge in [0.25, 0.3) is 0 Å². The summed E-state index contributed by atoms with van der Waals surface area (Å²) in [6, 6.07) is 0. The second kappa shape index (κ2) is 10.2. The van der Waals surface area contributed by atoms with Crippen molar-refractivity contribution in [1.82, 2.24) is 4.90 Å². The Hall–Kier alpha value is 0.740. The SMILES string of the molecule is NC(=O)C1=CN(C2OC(COP(=O)([O-])[O-])C(O)C2O)C=CC1.[Na+].[Na+]. The number of ether oxygens (including phenoxy) is 1. The molecule has 2 rings (SSSR count). The fourth-order valence-corrected chi connectivity index (χ4v) is 2.51. The summed E-state index contributed by atoms with van der Waals surface area (Å²) in [4.78, 5) is 33.4. The Morgan fingerprint density at radius 1 is 1.42 bits per heavy atom. The third kappa shape index (κ3) is 6.48. The molecule has 0 spiro atoms. The number of carbonyl (C=O) groups excluding carboxylic acids is 1. The molecule has 4 atom stereocenters. The van der Waals surface area contributed by atoms with Gasteiger partial charge in [-0.05, 0) is 6.42 Å². The van der Waals surface area contributed by atoms with Crippen LogP contribution in [0.4, 0.5) is 0 Å². The Morgan fingerprint density at radius 3 is 2.58 bits per heavy atom. The van der Waals surface area contributed by atoms with Crippen molar-refractivity contribution in [2.45, 2.75) is 31.0 Å². The topological polar surface area (TPSA) is 168 Å². The first-order chi connectivity index (χ1) is 10.2. The molecule has 2 aliphatic rings. The summed E-state index contributed by atoms with van der Waals surface area (Å²) in [7, 11) is -5.21. The predicted molar refractivity (Wildman–Crippen MR) is 67.1 cm³/mol. The zero-order chi connectivity index (χ0) is 16.5. The normalized spacial score (nSPS) is 29.5. The number of phosphoric acid groups is 1. The second-order valence-corrected chi connectivity index (χ2v) is 6.00. The molecular weight excluding hydrogens is 365 g/mol. The summed E-state index contributed by atoms with van der Waals surface area (Å²) >= 11 is 0. The number of rotatable bonds is 5. The van der Waals surface area contributed by atoms with Crippen molar-refractivity contribution in [2.24, 2.45) is 5.73 Å². The summed E-state index contributed by atoms with van der Waals surface area (Å²) in [5.41, 5.74) is 5.45. The predicted octanol–water partition coefficient (Wildman–Crippen LogP) is -9.13. The van der Waals surface area contributed by atoms with E-state index in [-0.39, 0.29) is 64.7 Å². The van der Waals surface area contributed by atoms with Gasteiger partial charge in [0, 0.05) is 18.0 Å². The van der Waals surface area contributed by atoms with Gasteiger partial charge in [-0.15, -0.1) is 0 Å². The second-order valence-electron chi connectivity index (χ2n) is 4.84. The summed E-state index contributed by atoms with van der Waals surface area (Å²) in [6.45, 7) is -0.719. The molecule has 0 aromatic rings. The number of phosphoric ester groups is 1. The standard InChI is InChI=1S/C11H17N2O8P.2Na/c12-10(16)6-2-1-3-13(4-6)11-9(15)8(14)7(21-11)5-20-22(17,18)19;;/h1,3-4,7-9,11,14-15H,2,5H2,(H2,12,16)(H2,17,18,19);;/q;2*+1/p-2. The first-order valence-electron chi connectivity index (χ1n) is 6.32. The van der Waals surface area contributed by atoms with Crippen molar-refractivity contribution >= 4 is 13.7 Å². The molecule has 0 bridgehead atoms. The largest absolute Gasteiger partial charge is 1.00 e. The van der Waals surface area contributed by atoms with Crippen molar-refractivity contribution in [3.63, 3.8) is 0 Å². The summed E-state index contributed by atoms with van der Waals surface area (Å²) in [6.07, 6.45) is -0.351. The van der Waals surface area contributed by atoms with Gasteiger partial charge in [-0.25, -0.2) is 0 Å². The van der Waals surface area contributed by atoms with E-state index in [1.54, 1.807) is 6.08 Å². The summed E-state index contributed by atoms with van der Waals surface area (Å²) in [5.74, 6) is -0.638. The van der Waals surface area contributed by atoms with Crippen LogP contribution in [0.2, 0.25) is 0 Å². The Kier molecular flexibility index (Phi) is 10.5. The Morgan fingerprint density at radius 2 is 2.04 bits per heavy atom. The van der Waals surface area contributed by atoms with E-state index in [0.717, 1.165) is 0 Å². The number of aliphatic hydroxyl groups excluding tert-OH is 2. The molecule has 4 unspecified atom stereocenters. The van der Waals surface area contributed by atoms with Gasteiger partial charge in [0.15, 0.2) is 6.23 Å². The van der Waals surface area contributed by atoms with Gasteiger partial charge in [-0.3, -0.25) is 4.79 Å². The number of amides is 1. The van der Waals surface area contributed by atoms with Gasteiger partial charge in [0.1, 0.15) is 18.3 Å². The van der Waals surface area contributed by atoms with Crippen molar-refractivity contribution in [3.8, 4) is 0 Å². The van der Waals surface area contributed by atoms with Crippen LogP contribution in [0, 0.1) is 0 Å². The number of hydrogen-bond donors (Lipinski definition) is 3. The Balaban J connectivity index is 0.00000264. The maximum atomic E-state index is 11.2. The average molecular weight is 380 g/mol. The van der Waals surface area contributed by atoms with Crippen LogP contribution in [0.1, 0.15) is 6.42 Å². The first kappa shape index (κ1) is 24.7. The molecule has 4 N–H and O–H groups in total. The number of aliphatic hydroxyl groups is 2. The van der Waals surface area contributed by atoms with Gasteiger partial charge in [0.2, 0.25) is 5.91 Å². The van der Waals surface area contributed by atoms with Crippen LogP contribution in [-0.4, -0.2) is 52.2 Å². The van der Waals surface area contributed by atoms with E-state index in [1.165, 1.54) is 17.3 Å². The number of nitrogens with two attached hydrogens (primary N) is 1. The number of hydrogen-bond acceptors (Lipinski definition) is 9. The molecule has 124 valence electrons. The molecule has 2 aliphatic heterocycles. The minimum Gasteiger partial charge on any atom is -0.790 e. The van der Waals surface area contributed by atoms with Crippen molar-refractivity contribution in [2.75, 3.05) is 6.61 Å². The van der Waals surface area contributed by atoms with Gasteiger partial charge in [-0.2, -0.15) is 0 Å². The van der Waals surface area contributed by atoms with E-state index in [2.05, 4.69) is 4.52 Å². The number of allylic oxidation sites excluding steroid dienone is 1. The van der Waals surface area contributed by atoms with Crippen LogP contribution in [-0.2, 0) is 18.6 Å². The smallest absolute Gasteiger partial charge is 0.790 e. The number of nitrogens with zero attached hydrogens (tertiary/aromatic N) is 1. The molecule has 1 fully saturated rings. The molecule has 2 heterocycles. The van der Waals surface area contributed by atoms with Crippen molar-refractivity contribution < 1.29 is 97.7 Å². The van der Waals surface area contributed by atoms with E-state index < -0.39 is 44.9 Å². The molecule has 1 saturated heterocycles. The van der Waals surface area contributed by atoms with Gasteiger partial charge >= 0.3 is 59.1 Å². The molecule has 0 saturated carbocycles. The molecular formula is C11H15N2Na2O8P. The van der Waals surface area contributed by atoms with E-state index >= 15 is 0 Å². The van der Waals surface area contributed by atoms with Crippen molar-refractivity contribution in [1.29, 1.82) is 0 Å². The van der Waals surface area contributed by atoms with Crippen LogP contribution >= 0.6 is 7.82 Å². The van der Waals surface area contributed by atoms with E-state index in [0.29, 0.717) is 6.42 Å². The van der Waals surface area contributed by atoms with Gasteiger partial charge in [-0.1, -0.05) is 6.08 Å². The minimum atomic E-state index is -5.21. The van der Waals surface area contributed by atoms with Crippen LogP contribution in [0.3, 0.4) is 0 Å². The molecule has 24 heavy (non-hydrogen) atoms. The maximum Gasteiger partial charge on any atom is 1.00 e.